The van der Waals surface area contributed by atoms with Crippen LogP contribution in [-0.4, -0.2) is 28.6 Å². The molecule has 0 bridgehead atoms. The fraction of sp³-hybridized carbons (Fsp3) is 0.304. The topological polar surface area (TPSA) is 114 Å². The maximum Gasteiger partial charge on any atom is 0.315 e. The first-order chi connectivity index (χ1) is 14.9. The maximum atomic E-state index is 11.6. The molecule has 3 aromatic rings. The van der Waals surface area contributed by atoms with Gasteiger partial charge in [0.25, 0.3) is 0 Å². The van der Waals surface area contributed by atoms with Crippen LogP contribution in [0.4, 0.5) is 5.69 Å². The molecule has 0 saturated heterocycles. The zero-order valence-corrected chi connectivity index (χ0v) is 18.0. The first-order valence-corrected chi connectivity index (χ1v) is 9.96. The van der Waals surface area contributed by atoms with Crippen LogP contribution in [-0.2, 0) is 0 Å². The van der Waals surface area contributed by atoms with Gasteiger partial charge in [0.05, 0.1) is 35.2 Å². The van der Waals surface area contributed by atoms with Gasteiger partial charge in [0, 0.05) is 6.07 Å². The van der Waals surface area contributed by atoms with Crippen molar-refractivity contribution in [1.82, 2.24) is 9.97 Å². The molecule has 0 aliphatic heterocycles. The van der Waals surface area contributed by atoms with E-state index in [0.717, 1.165) is 35.0 Å². The number of fused-ring (bicyclic) bond motifs is 1. The maximum absolute atomic E-state index is 11.6. The number of hydrogen-bond donors (Lipinski definition) is 1. The number of imidazole rings is 1. The smallest absolute Gasteiger partial charge is 0.315 e. The molecule has 2 aromatic carbocycles. The molecule has 3 rings (SSSR count). The number of aromatic amines is 1. The number of nitriles is 1. The van der Waals surface area contributed by atoms with Crippen LogP contribution in [0.25, 0.3) is 22.7 Å². The molecule has 31 heavy (non-hydrogen) atoms. The molecule has 0 radical (unpaired) electrons. The summed E-state index contributed by atoms with van der Waals surface area (Å²) in [5.74, 6) is 0.725. The summed E-state index contributed by atoms with van der Waals surface area (Å²) in [5, 5.41) is 21.4. The van der Waals surface area contributed by atoms with E-state index in [1.807, 2.05) is 32.9 Å². The second-order valence-electron chi connectivity index (χ2n) is 7.24. The van der Waals surface area contributed by atoms with E-state index in [1.165, 1.54) is 13.2 Å². The van der Waals surface area contributed by atoms with Gasteiger partial charge in [0.15, 0.2) is 5.75 Å². The van der Waals surface area contributed by atoms with Crippen LogP contribution >= 0.6 is 0 Å². The summed E-state index contributed by atoms with van der Waals surface area (Å²) in [5.41, 5.74) is 4.27. The summed E-state index contributed by atoms with van der Waals surface area (Å²) < 4.78 is 11.0. The van der Waals surface area contributed by atoms with Crippen LogP contribution in [0.5, 0.6) is 11.5 Å². The number of nitro benzene ring substituents is 1. The molecule has 0 atom stereocenters. The van der Waals surface area contributed by atoms with Gasteiger partial charge < -0.3 is 14.5 Å². The number of allylic oxidation sites excluding steroid dienone is 1. The van der Waals surface area contributed by atoms with Gasteiger partial charge in [0.1, 0.15) is 11.9 Å². The Balaban J connectivity index is 2.07. The second kappa shape index (κ2) is 9.30. The molecular formula is C23H24N4O4. The van der Waals surface area contributed by atoms with Crippen molar-refractivity contribution in [2.24, 2.45) is 0 Å². The molecule has 8 heteroatoms. The van der Waals surface area contributed by atoms with Gasteiger partial charge in [-0.15, -0.1) is 0 Å². The fourth-order valence-electron chi connectivity index (χ4n) is 3.16. The largest absolute Gasteiger partial charge is 0.493 e. The second-order valence-corrected chi connectivity index (χ2v) is 7.24. The third kappa shape index (κ3) is 4.67. The number of H-pyrrole nitrogens is 1. The van der Waals surface area contributed by atoms with Gasteiger partial charge in [-0.25, -0.2) is 4.98 Å². The van der Waals surface area contributed by atoms with Crippen LogP contribution in [0.2, 0.25) is 0 Å². The van der Waals surface area contributed by atoms with Crippen molar-refractivity contribution < 1.29 is 14.4 Å². The zero-order chi connectivity index (χ0) is 22.5. The standard InChI is InChI=1S/C23H24N4O4/c1-5-6-7-31-22-20(27(28)29)11-16(12-21(22)30-4)10-17(13-24)23-25-18-8-14(2)15(3)9-19(18)26-23/h8-12H,5-7H2,1-4H3,(H,25,26)/b17-10-. The van der Waals surface area contributed by atoms with Gasteiger partial charge in [-0.3, -0.25) is 10.1 Å². The van der Waals surface area contributed by atoms with Crippen LogP contribution in [0, 0.1) is 35.3 Å². The zero-order valence-electron chi connectivity index (χ0n) is 18.0. The Morgan fingerprint density at radius 3 is 2.68 bits per heavy atom. The normalized spacial score (nSPS) is 11.4. The van der Waals surface area contributed by atoms with E-state index in [0.29, 0.717) is 18.0 Å². The van der Waals surface area contributed by atoms with Gasteiger partial charge in [-0.05, 0) is 61.2 Å². The number of aryl methyl sites for hydroxylation is 2. The minimum Gasteiger partial charge on any atom is -0.493 e. The van der Waals surface area contributed by atoms with Crippen LogP contribution in [0.15, 0.2) is 24.3 Å². The van der Waals surface area contributed by atoms with Crippen molar-refractivity contribution in [3.05, 3.63) is 56.9 Å². The monoisotopic (exact) mass is 420 g/mol. The number of nitrogens with one attached hydrogen (secondary N) is 1. The van der Waals surface area contributed by atoms with Gasteiger partial charge in [-0.2, -0.15) is 5.26 Å². The van der Waals surface area contributed by atoms with Gasteiger partial charge >= 0.3 is 5.69 Å². The average Bonchev–Trinajstić information content (AvgIpc) is 3.14. The minimum absolute atomic E-state index is 0.0892. The Labute approximate surface area is 180 Å². The van der Waals surface area contributed by atoms with E-state index in [4.69, 9.17) is 9.47 Å². The predicted octanol–water partition coefficient (Wildman–Crippen LogP) is 5.34. The number of nitro groups is 1. The van der Waals surface area contributed by atoms with E-state index in [1.54, 1.807) is 12.1 Å². The van der Waals surface area contributed by atoms with E-state index < -0.39 is 4.92 Å². The van der Waals surface area contributed by atoms with Crippen molar-refractivity contribution >= 4 is 28.4 Å². The highest BCUT2D eigenvalue weighted by Gasteiger charge is 2.22. The van der Waals surface area contributed by atoms with Gasteiger partial charge in [-0.1, -0.05) is 13.3 Å². The molecule has 1 aromatic heterocycles. The summed E-state index contributed by atoms with van der Waals surface area (Å²) in [4.78, 5) is 18.8. The predicted molar refractivity (Wildman–Crippen MR) is 119 cm³/mol. The Morgan fingerprint density at radius 2 is 2.03 bits per heavy atom. The number of nitrogens with zero attached hydrogens (tertiary/aromatic N) is 3. The Kier molecular flexibility index (Phi) is 6.55. The summed E-state index contributed by atoms with van der Waals surface area (Å²) in [6, 6.07) is 9.04. The molecule has 0 saturated carbocycles. The summed E-state index contributed by atoms with van der Waals surface area (Å²) >= 11 is 0. The first-order valence-electron chi connectivity index (χ1n) is 9.96. The lowest BCUT2D eigenvalue weighted by molar-refractivity contribution is -0.386. The molecule has 160 valence electrons. The lowest BCUT2D eigenvalue weighted by atomic mass is 10.1. The van der Waals surface area contributed by atoms with Crippen LogP contribution < -0.4 is 9.47 Å². The molecule has 1 heterocycles. The number of aromatic nitrogens is 2. The molecular weight excluding hydrogens is 396 g/mol. The number of methoxy groups -OCH3 is 1. The van der Waals surface area contributed by atoms with Crippen molar-refractivity contribution in [3.63, 3.8) is 0 Å². The summed E-state index contributed by atoms with van der Waals surface area (Å²) in [7, 11) is 1.42. The average molecular weight is 420 g/mol. The number of benzene rings is 2. The van der Waals surface area contributed by atoms with E-state index in [9.17, 15) is 15.4 Å². The molecule has 1 N–H and O–H groups in total. The molecule has 0 amide bonds. The minimum atomic E-state index is -0.514. The SMILES string of the molecule is CCCCOc1c(OC)cc(/C=C(/C#N)c2nc3cc(C)c(C)cc3[nH]2)cc1[N+](=O)[O-]. The summed E-state index contributed by atoms with van der Waals surface area (Å²) in [6.07, 6.45) is 3.22. The highest BCUT2D eigenvalue weighted by molar-refractivity contribution is 5.91. The number of rotatable bonds is 8. The number of unbranched alkanes of at least 4 members (excludes halogenated alkanes) is 1. The Morgan fingerprint density at radius 1 is 1.29 bits per heavy atom. The molecule has 0 aliphatic carbocycles. The van der Waals surface area contributed by atoms with Crippen molar-refractivity contribution in [1.29, 1.82) is 5.26 Å². The quantitative estimate of drug-likeness (QED) is 0.228. The van der Waals surface area contributed by atoms with E-state index in [2.05, 4.69) is 16.0 Å². The molecule has 0 aliphatic rings. The van der Waals surface area contributed by atoms with Crippen LogP contribution in [0.1, 0.15) is 42.3 Å². The third-order valence-corrected chi connectivity index (χ3v) is 5.00. The van der Waals surface area contributed by atoms with Crippen LogP contribution in [0.3, 0.4) is 0 Å². The molecule has 0 spiro atoms. The van der Waals surface area contributed by atoms with Crippen molar-refractivity contribution in [3.8, 4) is 17.6 Å². The van der Waals surface area contributed by atoms with E-state index >= 15 is 0 Å². The number of hydrogen-bond acceptors (Lipinski definition) is 6. The van der Waals surface area contributed by atoms with Crippen molar-refractivity contribution in [2.75, 3.05) is 13.7 Å². The third-order valence-electron chi connectivity index (χ3n) is 5.00. The lowest BCUT2D eigenvalue weighted by Gasteiger charge is -2.11. The summed E-state index contributed by atoms with van der Waals surface area (Å²) in [6.45, 7) is 6.36. The first kappa shape index (κ1) is 21.8. The highest BCUT2D eigenvalue weighted by Crippen LogP contribution is 2.39. The lowest BCUT2D eigenvalue weighted by Crippen LogP contribution is -2.03. The molecule has 8 nitrogen and oxygen atoms in total. The molecule has 0 fully saturated rings. The Bertz CT molecular complexity index is 1170. The fourth-order valence-corrected chi connectivity index (χ4v) is 3.16. The van der Waals surface area contributed by atoms with Crippen molar-refractivity contribution in [2.45, 2.75) is 33.6 Å². The highest BCUT2D eigenvalue weighted by atomic mass is 16.6. The van der Waals surface area contributed by atoms with Gasteiger partial charge in [0.2, 0.25) is 5.75 Å². The molecule has 0 unspecified atom stereocenters. The number of ether oxygens (including phenoxy) is 2. The Hall–Kier alpha value is -3.86. The van der Waals surface area contributed by atoms with E-state index in [-0.39, 0.29) is 22.8 Å².